The molecule has 0 unspecified atom stereocenters. The number of hydrogen-bond acceptors (Lipinski definition) is 5. The average Bonchev–Trinajstić information content (AvgIpc) is 3.08. The van der Waals surface area contributed by atoms with E-state index in [9.17, 15) is 0 Å². The molecule has 1 aromatic heterocycles. The normalized spacial score (nSPS) is 15.0. The number of fused-ring (bicyclic) bond motifs is 1. The Balaban J connectivity index is 1.51. The van der Waals surface area contributed by atoms with Gasteiger partial charge in [-0.1, -0.05) is 35.6 Å². The molecule has 5 heteroatoms. The third-order valence-corrected chi connectivity index (χ3v) is 5.42. The van der Waals surface area contributed by atoms with Crippen LogP contribution in [0.4, 0.5) is 10.8 Å². The smallest absolute Gasteiger partial charge is 0.186 e. The van der Waals surface area contributed by atoms with Crippen molar-refractivity contribution in [3.8, 4) is 5.75 Å². The van der Waals surface area contributed by atoms with E-state index in [1.807, 2.05) is 19.1 Å². The van der Waals surface area contributed by atoms with E-state index in [1.165, 1.54) is 10.4 Å². The molecule has 0 N–H and O–H groups in total. The van der Waals surface area contributed by atoms with Crippen molar-refractivity contribution in [2.45, 2.75) is 6.92 Å². The van der Waals surface area contributed by atoms with Gasteiger partial charge in [-0.15, -0.1) is 0 Å². The van der Waals surface area contributed by atoms with Crippen LogP contribution in [0.3, 0.4) is 0 Å². The highest BCUT2D eigenvalue weighted by molar-refractivity contribution is 7.22. The first kappa shape index (κ1) is 15.3. The van der Waals surface area contributed by atoms with E-state index in [0.29, 0.717) is 6.61 Å². The zero-order chi connectivity index (χ0) is 16.4. The van der Waals surface area contributed by atoms with Gasteiger partial charge in [0, 0.05) is 31.9 Å². The van der Waals surface area contributed by atoms with Crippen molar-refractivity contribution in [2.24, 2.45) is 0 Å². The van der Waals surface area contributed by atoms with E-state index in [2.05, 4.69) is 46.2 Å². The number of aromatic nitrogens is 1. The Kier molecular flexibility index (Phi) is 4.26. The second kappa shape index (κ2) is 6.69. The molecule has 1 aliphatic heterocycles. The Morgan fingerprint density at radius 3 is 2.46 bits per heavy atom. The summed E-state index contributed by atoms with van der Waals surface area (Å²) in [4.78, 5) is 9.68. The molecule has 0 bridgehead atoms. The Morgan fingerprint density at radius 1 is 0.958 bits per heavy atom. The van der Waals surface area contributed by atoms with Gasteiger partial charge in [0.1, 0.15) is 11.3 Å². The molecule has 4 nitrogen and oxygen atoms in total. The van der Waals surface area contributed by atoms with Crippen LogP contribution in [-0.4, -0.2) is 37.8 Å². The number of thiazole rings is 1. The molecule has 0 radical (unpaired) electrons. The lowest BCUT2D eigenvalue weighted by atomic mass is 10.2. The third-order valence-electron chi connectivity index (χ3n) is 4.34. The second-order valence-corrected chi connectivity index (χ2v) is 6.85. The van der Waals surface area contributed by atoms with E-state index in [1.54, 1.807) is 11.3 Å². The predicted octanol–water partition coefficient (Wildman–Crippen LogP) is 4.02. The first-order chi connectivity index (χ1) is 11.8. The fourth-order valence-corrected chi connectivity index (χ4v) is 4.15. The van der Waals surface area contributed by atoms with Crippen molar-refractivity contribution in [2.75, 3.05) is 42.6 Å². The molecule has 4 rings (SSSR count). The third kappa shape index (κ3) is 2.91. The summed E-state index contributed by atoms with van der Waals surface area (Å²) in [5, 5.41) is 1.10. The molecule has 1 saturated heterocycles. The van der Waals surface area contributed by atoms with Crippen molar-refractivity contribution in [1.82, 2.24) is 4.98 Å². The molecule has 2 aromatic carbocycles. The van der Waals surface area contributed by atoms with E-state index in [0.717, 1.165) is 42.6 Å². The summed E-state index contributed by atoms with van der Waals surface area (Å²) in [6.07, 6.45) is 0. The van der Waals surface area contributed by atoms with E-state index >= 15 is 0 Å². The van der Waals surface area contributed by atoms with Gasteiger partial charge >= 0.3 is 0 Å². The molecule has 0 atom stereocenters. The highest BCUT2D eigenvalue weighted by Gasteiger charge is 2.20. The van der Waals surface area contributed by atoms with Crippen LogP contribution < -0.4 is 14.5 Å². The SMILES string of the molecule is CCOc1cccc2sc(N3CCN(c4ccccc4)CC3)nc12. The monoisotopic (exact) mass is 339 g/mol. The van der Waals surface area contributed by atoms with Gasteiger partial charge in [0.2, 0.25) is 0 Å². The maximum Gasteiger partial charge on any atom is 0.186 e. The first-order valence-corrected chi connectivity index (χ1v) is 9.24. The Bertz CT molecular complexity index is 810. The van der Waals surface area contributed by atoms with Crippen LogP contribution in [0.1, 0.15) is 6.92 Å². The fourth-order valence-electron chi connectivity index (χ4n) is 3.11. The first-order valence-electron chi connectivity index (χ1n) is 8.42. The van der Waals surface area contributed by atoms with Crippen LogP contribution in [0, 0.1) is 0 Å². The van der Waals surface area contributed by atoms with Gasteiger partial charge < -0.3 is 14.5 Å². The fraction of sp³-hybridized carbons (Fsp3) is 0.316. The van der Waals surface area contributed by atoms with Crippen LogP contribution in [0.15, 0.2) is 48.5 Å². The number of piperazine rings is 1. The van der Waals surface area contributed by atoms with Crippen molar-refractivity contribution in [3.63, 3.8) is 0 Å². The predicted molar refractivity (Wildman–Crippen MR) is 102 cm³/mol. The van der Waals surface area contributed by atoms with Gasteiger partial charge in [-0.2, -0.15) is 0 Å². The molecule has 0 saturated carbocycles. The molecule has 0 aliphatic carbocycles. The van der Waals surface area contributed by atoms with E-state index < -0.39 is 0 Å². The molecule has 0 amide bonds. The minimum absolute atomic E-state index is 0.668. The second-order valence-electron chi connectivity index (χ2n) is 5.84. The van der Waals surface area contributed by atoms with Crippen LogP contribution in [0.5, 0.6) is 5.75 Å². The number of anilines is 2. The van der Waals surface area contributed by atoms with Gasteiger partial charge in [0.25, 0.3) is 0 Å². The van der Waals surface area contributed by atoms with Crippen LogP contribution >= 0.6 is 11.3 Å². The highest BCUT2D eigenvalue weighted by Crippen LogP contribution is 2.34. The summed E-state index contributed by atoms with van der Waals surface area (Å²) in [5.41, 5.74) is 2.30. The largest absolute Gasteiger partial charge is 0.492 e. The van der Waals surface area contributed by atoms with E-state index in [4.69, 9.17) is 9.72 Å². The number of rotatable bonds is 4. The lowest BCUT2D eigenvalue weighted by molar-refractivity contribution is 0.344. The number of para-hydroxylation sites is 2. The van der Waals surface area contributed by atoms with Crippen LogP contribution in [-0.2, 0) is 0 Å². The van der Waals surface area contributed by atoms with Crippen molar-refractivity contribution in [3.05, 3.63) is 48.5 Å². The summed E-state index contributed by atoms with van der Waals surface area (Å²) >= 11 is 1.76. The summed E-state index contributed by atoms with van der Waals surface area (Å²) in [6.45, 7) is 6.73. The summed E-state index contributed by atoms with van der Waals surface area (Å²) in [7, 11) is 0. The molecule has 124 valence electrons. The van der Waals surface area contributed by atoms with Gasteiger partial charge in [0.15, 0.2) is 5.13 Å². The average molecular weight is 339 g/mol. The maximum absolute atomic E-state index is 5.71. The van der Waals surface area contributed by atoms with Gasteiger partial charge in [-0.3, -0.25) is 0 Å². The maximum atomic E-state index is 5.71. The van der Waals surface area contributed by atoms with E-state index in [-0.39, 0.29) is 0 Å². The zero-order valence-corrected chi connectivity index (χ0v) is 14.6. The quantitative estimate of drug-likeness (QED) is 0.718. The van der Waals surface area contributed by atoms with Gasteiger partial charge in [0.05, 0.1) is 11.3 Å². The summed E-state index contributed by atoms with van der Waals surface area (Å²) < 4.78 is 6.91. The molecule has 1 fully saturated rings. The number of ether oxygens (including phenoxy) is 1. The molecule has 1 aliphatic rings. The Labute approximate surface area is 146 Å². The molecule has 0 spiro atoms. The lowest BCUT2D eigenvalue weighted by Crippen LogP contribution is -2.46. The van der Waals surface area contributed by atoms with Gasteiger partial charge in [-0.05, 0) is 31.2 Å². The number of benzene rings is 2. The highest BCUT2D eigenvalue weighted by atomic mass is 32.1. The van der Waals surface area contributed by atoms with Crippen molar-refractivity contribution >= 4 is 32.4 Å². The zero-order valence-electron chi connectivity index (χ0n) is 13.8. The topological polar surface area (TPSA) is 28.6 Å². The minimum Gasteiger partial charge on any atom is -0.492 e. The summed E-state index contributed by atoms with van der Waals surface area (Å²) in [5.74, 6) is 0.889. The standard InChI is InChI=1S/C19H21N3OS/c1-2-23-16-9-6-10-17-18(16)20-19(24-17)22-13-11-21(12-14-22)15-7-4-3-5-8-15/h3-10H,2,11-14H2,1H3. The Morgan fingerprint density at radius 2 is 1.71 bits per heavy atom. The lowest BCUT2D eigenvalue weighted by Gasteiger charge is -2.35. The minimum atomic E-state index is 0.668. The molecule has 3 aromatic rings. The van der Waals surface area contributed by atoms with Crippen LogP contribution in [0.25, 0.3) is 10.2 Å². The molecular formula is C19H21N3OS. The summed E-state index contributed by atoms with van der Waals surface area (Å²) in [6, 6.07) is 16.8. The van der Waals surface area contributed by atoms with Gasteiger partial charge in [-0.25, -0.2) is 4.98 Å². The molecule has 24 heavy (non-hydrogen) atoms. The molecule has 2 heterocycles. The van der Waals surface area contributed by atoms with Crippen molar-refractivity contribution in [1.29, 1.82) is 0 Å². The van der Waals surface area contributed by atoms with Crippen LogP contribution in [0.2, 0.25) is 0 Å². The number of hydrogen-bond donors (Lipinski definition) is 0. The Hall–Kier alpha value is -2.27. The number of nitrogens with zero attached hydrogens (tertiary/aromatic N) is 3. The molecular weight excluding hydrogens is 318 g/mol. The van der Waals surface area contributed by atoms with Crippen molar-refractivity contribution < 1.29 is 4.74 Å².